The summed E-state index contributed by atoms with van der Waals surface area (Å²) in [6, 6.07) is 5.22. The molecule has 0 spiro atoms. The number of carboxylic acid groups (broad SMARTS) is 1. The highest BCUT2D eigenvalue weighted by Gasteiger charge is 2.14. The molecule has 6 nitrogen and oxygen atoms in total. The Balaban J connectivity index is 2.68. The molecule has 0 bridgehead atoms. The van der Waals surface area contributed by atoms with Crippen molar-refractivity contribution in [3.63, 3.8) is 0 Å². The maximum Gasteiger partial charge on any atom is 0.341 e. The predicted molar refractivity (Wildman–Crippen MR) is 55.4 cm³/mol. The summed E-state index contributed by atoms with van der Waals surface area (Å²) in [7, 11) is 0. The van der Waals surface area contributed by atoms with Gasteiger partial charge in [-0.25, -0.2) is 9.59 Å². The van der Waals surface area contributed by atoms with Gasteiger partial charge in [-0.2, -0.15) is 5.90 Å². The van der Waals surface area contributed by atoms with E-state index >= 15 is 0 Å². The van der Waals surface area contributed by atoms with Crippen molar-refractivity contribution in [2.24, 2.45) is 11.6 Å². The van der Waals surface area contributed by atoms with Crippen LogP contribution >= 0.6 is 0 Å². The second-order valence-electron chi connectivity index (χ2n) is 3.25. The fraction of sp³-hybridized carbons (Fsp3) is 0.200. The van der Waals surface area contributed by atoms with Gasteiger partial charge in [0.15, 0.2) is 0 Å². The van der Waals surface area contributed by atoms with Crippen LogP contribution in [0.2, 0.25) is 0 Å². The van der Waals surface area contributed by atoms with E-state index in [1.54, 1.807) is 12.1 Å². The standard InChI is InChI=1S/C10H12N2O4/c11-8(10(15)16-12)5-6-1-3-7(4-2-6)9(13)14/h1-4,8H,5,11-12H2,(H,13,14)/t8-/m0/s1. The molecule has 1 atom stereocenters. The molecule has 0 aliphatic rings. The SMILES string of the molecule is NOC(=O)[C@@H](N)Cc1ccc(C(=O)O)cc1. The molecule has 1 aromatic rings. The predicted octanol–water partition coefficient (Wildman–Crippen LogP) is -0.328. The van der Waals surface area contributed by atoms with Crippen LogP contribution in [0.5, 0.6) is 0 Å². The number of carbonyl (C=O) groups is 2. The summed E-state index contributed by atoms with van der Waals surface area (Å²) < 4.78 is 0. The lowest BCUT2D eigenvalue weighted by atomic mass is 10.0. The topological polar surface area (TPSA) is 116 Å². The lowest BCUT2D eigenvalue weighted by Crippen LogP contribution is -2.35. The maximum absolute atomic E-state index is 10.9. The van der Waals surface area contributed by atoms with Crippen LogP contribution in [0, 0.1) is 0 Å². The Labute approximate surface area is 91.8 Å². The smallest absolute Gasteiger partial charge is 0.341 e. The van der Waals surface area contributed by atoms with E-state index in [2.05, 4.69) is 10.7 Å². The van der Waals surface area contributed by atoms with Crippen LogP contribution in [0.15, 0.2) is 24.3 Å². The lowest BCUT2D eigenvalue weighted by Gasteiger charge is -2.08. The molecule has 0 aromatic heterocycles. The van der Waals surface area contributed by atoms with E-state index in [-0.39, 0.29) is 12.0 Å². The van der Waals surface area contributed by atoms with Crippen molar-refractivity contribution in [3.8, 4) is 0 Å². The fourth-order valence-electron chi connectivity index (χ4n) is 1.21. The first kappa shape index (κ1) is 12.2. The third-order valence-electron chi connectivity index (χ3n) is 2.08. The number of carbonyl (C=O) groups excluding carboxylic acids is 1. The average molecular weight is 224 g/mol. The molecule has 0 heterocycles. The molecule has 0 saturated carbocycles. The van der Waals surface area contributed by atoms with Crippen molar-refractivity contribution in [1.82, 2.24) is 0 Å². The molecule has 1 aromatic carbocycles. The second-order valence-corrected chi connectivity index (χ2v) is 3.25. The average Bonchev–Trinajstić information content (AvgIpc) is 2.28. The van der Waals surface area contributed by atoms with Gasteiger partial charge in [-0.05, 0) is 24.1 Å². The first-order valence-electron chi connectivity index (χ1n) is 4.53. The fourth-order valence-corrected chi connectivity index (χ4v) is 1.21. The minimum Gasteiger partial charge on any atom is -0.478 e. The molecule has 6 heteroatoms. The van der Waals surface area contributed by atoms with E-state index in [9.17, 15) is 9.59 Å². The summed E-state index contributed by atoms with van der Waals surface area (Å²) in [5.74, 6) is 2.97. The largest absolute Gasteiger partial charge is 0.478 e. The highest BCUT2D eigenvalue weighted by molar-refractivity contribution is 5.87. The van der Waals surface area contributed by atoms with Crippen LogP contribution in [-0.4, -0.2) is 23.1 Å². The zero-order valence-corrected chi connectivity index (χ0v) is 8.42. The number of aromatic carboxylic acids is 1. The molecule has 0 unspecified atom stereocenters. The Morgan fingerprint density at radius 2 is 1.88 bits per heavy atom. The molecule has 0 aliphatic carbocycles. The molecule has 0 aliphatic heterocycles. The third kappa shape index (κ3) is 3.04. The number of benzene rings is 1. The number of rotatable bonds is 4. The Morgan fingerprint density at radius 1 is 1.31 bits per heavy atom. The summed E-state index contributed by atoms with van der Waals surface area (Å²) in [5, 5.41) is 8.67. The quantitative estimate of drug-likeness (QED) is 0.603. The Kier molecular flexibility index (Phi) is 3.98. The molecule has 0 fully saturated rings. The lowest BCUT2D eigenvalue weighted by molar-refractivity contribution is -0.145. The zero-order valence-electron chi connectivity index (χ0n) is 8.42. The minimum atomic E-state index is -1.00. The molecule has 16 heavy (non-hydrogen) atoms. The minimum absolute atomic E-state index is 0.179. The Hall–Kier alpha value is -1.92. The zero-order chi connectivity index (χ0) is 12.1. The highest BCUT2D eigenvalue weighted by atomic mass is 16.7. The molecular formula is C10H12N2O4. The molecule has 5 N–H and O–H groups in total. The Bertz CT molecular complexity index is 388. The molecule has 0 amide bonds. The molecule has 0 radical (unpaired) electrons. The van der Waals surface area contributed by atoms with Crippen molar-refractivity contribution in [1.29, 1.82) is 0 Å². The van der Waals surface area contributed by atoms with Gasteiger partial charge in [0, 0.05) is 0 Å². The highest BCUT2D eigenvalue weighted by Crippen LogP contribution is 2.06. The summed E-state index contributed by atoms with van der Waals surface area (Å²) in [4.78, 5) is 25.5. The number of carboxylic acids is 1. The third-order valence-corrected chi connectivity index (χ3v) is 2.08. The van der Waals surface area contributed by atoms with Crippen LogP contribution < -0.4 is 11.6 Å². The number of nitrogens with two attached hydrogens (primary N) is 2. The van der Waals surface area contributed by atoms with Gasteiger partial charge in [0.1, 0.15) is 6.04 Å². The summed E-state index contributed by atoms with van der Waals surface area (Å²) in [6.07, 6.45) is 0.246. The second kappa shape index (κ2) is 5.24. The van der Waals surface area contributed by atoms with Gasteiger partial charge in [0.25, 0.3) is 0 Å². The monoisotopic (exact) mass is 224 g/mol. The molecule has 0 saturated heterocycles. The van der Waals surface area contributed by atoms with Crippen LogP contribution in [0.3, 0.4) is 0 Å². The van der Waals surface area contributed by atoms with Gasteiger partial charge in [0.05, 0.1) is 5.56 Å². The normalized spacial score (nSPS) is 11.9. The van der Waals surface area contributed by atoms with Crippen LogP contribution in [-0.2, 0) is 16.1 Å². The van der Waals surface area contributed by atoms with Gasteiger partial charge in [-0.1, -0.05) is 12.1 Å². The molecular weight excluding hydrogens is 212 g/mol. The van der Waals surface area contributed by atoms with E-state index in [1.165, 1.54) is 12.1 Å². The first-order valence-corrected chi connectivity index (χ1v) is 4.53. The van der Waals surface area contributed by atoms with E-state index in [1.807, 2.05) is 0 Å². The van der Waals surface area contributed by atoms with Crippen LogP contribution in [0.25, 0.3) is 0 Å². The van der Waals surface area contributed by atoms with Gasteiger partial charge in [0.2, 0.25) is 0 Å². The van der Waals surface area contributed by atoms with Crippen molar-refractivity contribution in [2.75, 3.05) is 0 Å². The van der Waals surface area contributed by atoms with E-state index in [0.717, 1.165) is 5.56 Å². The Morgan fingerprint density at radius 3 is 2.31 bits per heavy atom. The molecule has 1 rings (SSSR count). The van der Waals surface area contributed by atoms with Gasteiger partial charge in [-0.15, -0.1) is 0 Å². The van der Waals surface area contributed by atoms with Crippen molar-refractivity contribution >= 4 is 11.9 Å². The van der Waals surface area contributed by atoms with Crippen molar-refractivity contribution in [3.05, 3.63) is 35.4 Å². The summed E-state index contributed by atoms with van der Waals surface area (Å²) in [5.41, 5.74) is 6.40. The van der Waals surface area contributed by atoms with Crippen LogP contribution in [0.4, 0.5) is 0 Å². The summed E-state index contributed by atoms with van der Waals surface area (Å²) >= 11 is 0. The number of hydrogen-bond acceptors (Lipinski definition) is 5. The summed E-state index contributed by atoms with van der Waals surface area (Å²) in [6.45, 7) is 0. The number of hydrogen-bond donors (Lipinski definition) is 3. The van der Waals surface area contributed by atoms with E-state index < -0.39 is 18.0 Å². The maximum atomic E-state index is 10.9. The van der Waals surface area contributed by atoms with Gasteiger partial charge < -0.3 is 15.7 Å². The van der Waals surface area contributed by atoms with E-state index in [4.69, 9.17) is 10.8 Å². The van der Waals surface area contributed by atoms with E-state index in [0.29, 0.717) is 0 Å². The van der Waals surface area contributed by atoms with Crippen molar-refractivity contribution in [2.45, 2.75) is 12.5 Å². The molecule has 86 valence electrons. The first-order chi connectivity index (χ1) is 7.54. The van der Waals surface area contributed by atoms with Gasteiger partial charge >= 0.3 is 11.9 Å². The van der Waals surface area contributed by atoms with Crippen molar-refractivity contribution < 1.29 is 19.5 Å². The van der Waals surface area contributed by atoms with Gasteiger partial charge in [-0.3, -0.25) is 0 Å². The van der Waals surface area contributed by atoms with Crippen LogP contribution in [0.1, 0.15) is 15.9 Å².